The maximum Gasteiger partial charge on any atom is 0.210 e. The van der Waals surface area contributed by atoms with E-state index in [9.17, 15) is 9.59 Å². The number of ketones is 2. The smallest absolute Gasteiger partial charge is 0.210 e. The van der Waals surface area contributed by atoms with Gasteiger partial charge in [0.25, 0.3) is 0 Å². The predicted molar refractivity (Wildman–Crippen MR) is 105 cm³/mol. The van der Waals surface area contributed by atoms with Crippen molar-refractivity contribution in [3.63, 3.8) is 0 Å². The summed E-state index contributed by atoms with van der Waals surface area (Å²) in [6, 6.07) is 14.0. The summed E-state index contributed by atoms with van der Waals surface area (Å²) in [5.74, 6) is -0.589. The van der Waals surface area contributed by atoms with Gasteiger partial charge in [0.15, 0.2) is 0 Å². The molecule has 0 aromatic heterocycles. The number of hydrogen-bond donors (Lipinski definition) is 2. The molecule has 2 N–H and O–H groups in total. The topological polar surface area (TPSA) is 99.3 Å². The van der Waals surface area contributed by atoms with Crippen molar-refractivity contribution in [2.45, 2.75) is 36.5 Å². The fraction of sp³-hybridized carbons (Fsp3) is 0.200. The molecule has 0 saturated carbocycles. The van der Waals surface area contributed by atoms with Gasteiger partial charge in [0.2, 0.25) is 11.6 Å². The van der Waals surface area contributed by atoms with Gasteiger partial charge in [0.05, 0.1) is 0 Å². The minimum Gasteiger partial charge on any atom is -0.411 e. The molecule has 27 heavy (non-hydrogen) atoms. The molecule has 0 amide bonds. The van der Waals surface area contributed by atoms with Gasteiger partial charge in [-0.2, -0.15) is 0 Å². The minimum absolute atomic E-state index is 0.119. The molecule has 0 aliphatic rings. The van der Waals surface area contributed by atoms with Crippen LogP contribution in [0.3, 0.4) is 0 Å². The maximum absolute atomic E-state index is 12.1. The lowest BCUT2D eigenvalue weighted by Gasteiger charge is -2.06. The van der Waals surface area contributed by atoms with E-state index < -0.39 is 0 Å². The molecule has 2 rings (SSSR count). The Hall–Kier alpha value is -2.93. The molecule has 0 spiro atoms. The minimum atomic E-state index is -0.295. The van der Waals surface area contributed by atoms with Crippen molar-refractivity contribution < 1.29 is 20.0 Å². The van der Waals surface area contributed by atoms with Crippen molar-refractivity contribution in [1.82, 2.24) is 0 Å². The molecule has 0 atom stereocenters. The number of oxime groups is 2. The van der Waals surface area contributed by atoms with Crippen LogP contribution in [0.15, 0.2) is 68.6 Å². The van der Waals surface area contributed by atoms with Crippen LogP contribution in [0.1, 0.15) is 47.4 Å². The Morgan fingerprint density at radius 3 is 1.33 bits per heavy atom. The molecule has 0 unspecified atom stereocenters. The summed E-state index contributed by atoms with van der Waals surface area (Å²) in [4.78, 5) is 26.1. The summed E-state index contributed by atoms with van der Waals surface area (Å²) < 4.78 is 0. The van der Waals surface area contributed by atoms with Gasteiger partial charge in [0.1, 0.15) is 11.4 Å². The highest BCUT2D eigenvalue weighted by atomic mass is 32.2. The van der Waals surface area contributed by atoms with Crippen molar-refractivity contribution >= 4 is 34.8 Å². The lowest BCUT2D eigenvalue weighted by atomic mass is 10.1. The number of rotatable bonds is 8. The third kappa shape index (κ3) is 5.04. The van der Waals surface area contributed by atoms with Crippen molar-refractivity contribution in [3.05, 3.63) is 59.7 Å². The molecular formula is C20H20N2O4S. The molecule has 0 aliphatic carbocycles. The Morgan fingerprint density at radius 1 is 0.741 bits per heavy atom. The third-order valence-corrected chi connectivity index (χ3v) is 4.92. The van der Waals surface area contributed by atoms with Gasteiger partial charge in [-0.05, 0) is 61.4 Å². The largest absolute Gasteiger partial charge is 0.411 e. The molecule has 0 saturated heterocycles. The molecule has 6 nitrogen and oxygen atoms in total. The molecule has 7 heteroatoms. The highest BCUT2D eigenvalue weighted by Crippen LogP contribution is 2.28. The van der Waals surface area contributed by atoms with Crippen LogP contribution in [-0.2, 0) is 0 Å². The molecule has 140 valence electrons. The van der Waals surface area contributed by atoms with E-state index in [-0.39, 0.29) is 23.0 Å². The number of nitrogens with zero attached hydrogens (tertiary/aromatic N) is 2. The van der Waals surface area contributed by atoms with E-state index in [4.69, 9.17) is 10.4 Å². The first-order chi connectivity index (χ1) is 13.0. The molecule has 0 aliphatic heterocycles. The summed E-state index contributed by atoms with van der Waals surface area (Å²) in [6.07, 6.45) is 0.718. The van der Waals surface area contributed by atoms with Crippen LogP contribution in [0.4, 0.5) is 0 Å². The van der Waals surface area contributed by atoms with Crippen molar-refractivity contribution in [2.24, 2.45) is 10.3 Å². The second-order valence-corrected chi connectivity index (χ2v) is 6.76. The molecule has 0 heterocycles. The van der Waals surface area contributed by atoms with Crippen LogP contribution < -0.4 is 0 Å². The normalized spacial score (nSPS) is 12.1. The second kappa shape index (κ2) is 9.68. The van der Waals surface area contributed by atoms with Gasteiger partial charge in [-0.15, -0.1) is 0 Å². The standard InChI is InChI=1S/C20H20N2O4S/c1-3-17(21-25)19(23)13-5-9-15(10-6-13)27-16-11-7-14(8-12-16)20(24)18(4-2)22-26/h5-12,25-26H,3-4H2,1-2H3/b21-17-,22-18-. The Balaban J connectivity index is 2.09. The van der Waals surface area contributed by atoms with Gasteiger partial charge in [-0.3, -0.25) is 9.59 Å². The Morgan fingerprint density at radius 2 is 1.07 bits per heavy atom. The van der Waals surface area contributed by atoms with Crippen molar-refractivity contribution in [3.8, 4) is 0 Å². The summed E-state index contributed by atoms with van der Waals surface area (Å²) in [5.41, 5.74) is 1.16. The van der Waals surface area contributed by atoms with E-state index in [1.54, 1.807) is 38.1 Å². The fourth-order valence-electron chi connectivity index (χ4n) is 2.37. The van der Waals surface area contributed by atoms with Crippen LogP contribution in [0.5, 0.6) is 0 Å². The summed E-state index contributed by atoms with van der Waals surface area (Å²) >= 11 is 1.49. The maximum atomic E-state index is 12.1. The van der Waals surface area contributed by atoms with Gasteiger partial charge in [-0.25, -0.2) is 0 Å². The Bertz CT molecular complexity index is 798. The van der Waals surface area contributed by atoms with Crippen LogP contribution in [-0.4, -0.2) is 33.4 Å². The zero-order valence-electron chi connectivity index (χ0n) is 15.0. The zero-order valence-corrected chi connectivity index (χ0v) is 15.9. The average Bonchev–Trinajstić information content (AvgIpc) is 2.71. The molecular weight excluding hydrogens is 364 g/mol. The highest BCUT2D eigenvalue weighted by Gasteiger charge is 2.14. The highest BCUT2D eigenvalue weighted by molar-refractivity contribution is 7.99. The summed E-state index contributed by atoms with van der Waals surface area (Å²) in [5, 5.41) is 23.8. The molecule has 2 aromatic rings. The van der Waals surface area contributed by atoms with Crippen molar-refractivity contribution in [1.29, 1.82) is 0 Å². The molecule has 2 aromatic carbocycles. The number of Topliss-reactive ketones (excluding diaryl/α,β-unsaturated/α-hetero) is 2. The molecule has 0 fully saturated rings. The van der Waals surface area contributed by atoms with Gasteiger partial charge >= 0.3 is 0 Å². The van der Waals surface area contributed by atoms with E-state index in [1.165, 1.54) is 11.8 Å². The van der Waals surface area contributed by atoms with E-state index in [0.29, 0.717) is 24.0 Å². The molecule has 0 radical (unpaired) electrons. The molecule has 0 bridgehead atoms. The number of benzene rings is 2. The average molecular weight is 384 g/mol. The number of carbonyl (C=O) groups excluding carboxylic acids is 2. The monoisotopic (exact) mass is 384 g/mol. The van der Waals surface area contributed by atoms with Gasteiger partial charge < -0.3 is 10.4 Å². The summed E-state index contributed by atoms with van der Waals surface area (Å²) in [7, 11) is 0. The third-order valence-electron chi connectivity index (χ3n) is 3.90. The van der Waals surface area contributed by atoms with Crippen LogP contribution in [0, 0.1) is 0 Å². The van der Waals surface area contributed by atoms with Crippen LogP contribution in [0.25, 0.3) is 0 Å². The van der Waals surface area contributed by atoms with Crippen LogP contribution in [0.2, 0.25) is 0 Å². The van der Waals surface area contributed by atoms with E-state index in [0.717, 1.165) is 9.79 Å². The van der Waals surface area contributed by atoms with Crippen LogP contribution >= 0.6 is 11.8 Å². The Labute approximate surface area is 161 Å². The first-order valence-electron chi connectivity index (χ1n) is 8.43. The van der Waals surface area contributed by atoms with E-state index in [1.807, 2.05) is 24.3 Å². The van der Waals surface area contributed by atoms with Gasteiger partial charge in [-0.1, -0.05) is 35.9 Å². The first kappa shape index (κ1) is 20.4. The second-order valence-electron chi connectivity index (χ2n) is 5.61. The van der Waals surface area contributed by atoms with E-state index in [2.05, 4.69) is 10.3 Å². The summed E-state index contributed by atoms with van der Waals surface area (Å²) in [6.45, 7) is 3.50. The zero-order chi connectivity index (χ0) is 19.8. The lowest BCUT2D eigenvalue weighted by molar-refractivity contribution is 0.105. The fourth-order valence-corrected chi connectivity index (χ4v) is 3.19. The lowest BCUT2D eigenvalue weighted by Crippen LogP contribution is -2.13. The SMILES string of the molecule is CC/C(=N/O)C(=O)c1ccc(Sc2ccc(C(=O)/C(CC)=N\O)cc2)cc1. The Kier molecular flexibility index (Phi) is 7.31. The quantitative estimate of drug-likeness (QED) is 0.298. The van der Waals surface area contributed by atoms with E-state index >= 15 is 0 Å². The van der Waals surface area contributed by atoms with Crippen molar-refractivity contribution in [2.75, 3.05) is 0 Å². The van der Waals surface area contributed by atoms with Gasteiger partial charge in [0, 0.05) is 20.9 Å². The number of carbonyl (C=O) groups is 2. The number of hydrogen-bond acceptors (Lipinski definition) is 7. The predicted octanol–water partition coefficient (Wildman–Crippen LogP) is 4.68. The first-order valence-corrected chi connectivity index (χ1v) is 9.24.